The summed E-state index contributed by atoms with van der Waals surface area (Å²) < 4.78 is 8.66. The number of benzene rings is 7. The summed E-state index contributed by atoms with van der Waals surface area (Å²) in [6.45, 7) is 0. The van der Waals surface area contributed by atoms with E-state index in [1.807, 2.05) is 72.8 Å². The predicted molar refractivity (Wildman–Crippen MR) is 203 cm³/mol. The standard InChI is InChI=1S/C45H28N4O/c1-3-13-29(14-4-1)43-46-44(30-15-5-2-6-16-30)48-45(47-43)33-19-11-17-31(25-33)32-18-12-20-34(26-32)49-39-23-9-7-21-35(39)37-28-42-38(27-40(37)49)36-22-8-10-24-41(36)50-42/h1-28H. The molecular weight excluding hydrogens is 613 g/mol. The Labute approximate surface area is 287 Å². The largest absolute Gasteiger partial charge is 0.456 e. The summed E-state index contributed by atoms with van der Waals surface area (Å²) in [5.41, 5.74) is 10.2. The number of hydrogen-bond acceptors (Lipinski definition) is 4. The van der Waals surface area contributed by atoms with E-state index in [1.165, 1.54) is 5.39 Å². The molecule has 0 saturated carbocycles. The highest BCUT2D eigenvalue weighted by atomic mass is 16.3. The van der Waals surface area contributed by atoms with Gasteiger partial charge in [-0.15, -0.1) is 0 Å². The second-order valence-electron chi connectivity index (χ2n) is 12.5. The van der Waals surface area contributed by atoms with Crippen LogP contribution < -0.4 is 0 Å². The molecule has 5 nitrogen and oxygen atoms in total. The third-order valence-electron chi connectivity index (χ3n) is 9.43. The second kappa shape index (κ2) is 11.4. The van der Waals surface area contributed by atoms with E-state index in [0.29, 0.717) is 17.5 Å². The first kappa shape index (κ1) is 28.2. The number of fused-ring (bicyclic) bond motifs is 6. The number of furan rings is 1. The van der Waals surface area contributed by atoms with Crippen molar-refractivity contribution in [1.82, 2.24) is 19.5 Å². The van der Waals surface area contributed by atoms with Crippen molar-refractivity contribution < 1.29 is 4.42 Å². The zero-order valence-electron chi connectivity index (χ0n) is 26.9. The van der Waals surface area contributed by atoms with Gasteiger partial charge in [0, 0.05) is 43.9 Å². The van der Waals surface area contributed by atoms with E-state index in [-0.39, 0.29) is 0 Å². The van der Waals surface area contributed by atoms with E-state index < -0.39 is 0 Å². The Morgan fingerprint density at radius 3 is 1.64 bits per heavy atom. The van der Waals surface area contributed by atoms with Gasteiger partial charge in [-0.05, 0) is 53.6 Å². The van der Waals surface area contributed by atoms with Gasteiger partial charge in [0.2, 0.25) is 0 Å². The van der Waals surface area contributed by atoms with E-state index in [4.69, 9.17) is 19.4 Å². The van der Waals surface area contributed by atoms with E-state index >= 15 is 0 Å². The molecule has 0 aliphatic rings. The Hall–Kier alpha value is -6.85. The molecule has 234 valence electrons. The lowest BCUT2D eigenvalue weighted by atomic mass is 10.0. The molecule has 3 heterocycles. The predicted octanol–water partition coefficient (Wildman–Crippen LogP) is 11.5. The molecule has 0 bridgehead atoms. The van der Waals surface area contributed by atoms with Crippen molar-refractivity contribution in [3.8, 4) is 51.0 Å². The van der Waals surface area contributed by atoms with Gasteiger partial charge < -0.3 is 8.98 Å². The van der Waals surface area contributed by atoms with Gasteiger partial charge in [-0.1, -0.05) is 127 Å². The summed E-state index contributed by atoms with van der Waals surface area (Å²) in [7, 11) is 0. The average molecular weight is 641 g/mol. The molecule has 0 N–H and O–H groups in total. The van der Waals surface area contributed by atoms with Crippen molar-refractivity contribution >= 4 is 43.7 Å². The van der Waals surface area contributed by atoms with E-state index in [0.717, 1.165) is 71.9 Å². The smallest absolute Gasteiger partial charge is 0.164 e. The van der Waals surface area contributed by atoms with Gasteiger partial charge >= 0.3 is 0 Å². The van der Waals surface area contributed by atoms with Crippen LogP contribution in [0.2, 0.25) is 0 Å². The molecule has 3 aromatic heterocycles. The summed E-state index contributed by atoms with van der Waals surface area (Å²) in [6.07, 6.45) is 0. The molecule has 0 saturated heterocycles. The summed E-state index contributed by atoms with van der Waals surface area (Å²) in [6, 6.07) is 58.7. The SMILES string of the molecule is c1ccc(-c2nc(-c3ccccc3)nc(-c3cccc(-c4cccc(-n5c6ccccc6c6cc7oc8ccccc8c7cc65)c4)c3)n2)cc1. The summed E-state index contributed by atoms with van der Waals surface area (Å²) in [5, 5.41) is 4.59. The summed E-state index contributed by atoms with van der Waals surface area (Å²) in [5.74, 6) is 1.93. The van der Waals surface area contributed by atoms with Crippen molar-refractivity contribution in [2.24, 2.45) is 0 Å². The van der Waals surface area contributed by atoms with Crippen molar-refractivity contribution in [2.45, 2.75) is 0 Å². The Morgan fingerprint density at radius 1 is 0.340 bits per heavy atom. The number of para-hydroxylation sites is 2. The van der Waals surface area contributed by atoms with Gasteiger partial charge in [-0.3, -0.25) is 0 Å². The van der Waals surface area contributed by atoms with Crippen LogP contribution in [-0.4, -0.2) is 19.5 Å². The molecular formula is C45H28N4O. The summed E-state index contributed by atoms with van der Waals surface area (Å²) in [4.78, 5) is 14.8. The molecule has 0 amide bonds. The van der Waals surface area contributed by atoms with Gasteiger partial charge in [0.15, 0.2) is 17.5 Å². The Kier molecular flexibility index (Phi) is 6.42. The van der Waals surface area contributed by atoms with Crippen molar-refractivity contribution in [1.29, 1.82) is 0 Å². The molecule has 10 rings (SSSR count). The molecule has 0 aliphatic carbocycles. The van der Waals surface area contributed by atoms with Gasteiger partial charge in [0.1, 0.15) is 11.2 Å². The fraction of sp³-hybridized carbons (Fsp3) is 0. The number of hydrogen-bond donors (Lipinski definition) is 0. The third-order valence-corrected chi connectivity index (χ3v) is 9.43. The number of rotatable bonds is 5. The number of aromatic nitrogens is 4. The molecule has 0 unspecified atom stereocenters. The number of nitrogens with zero attached hydrogens (tertiary/aromatic N) is 4. The topological polar surface area (TPSA) is 56.7 Å². The van der Waals surface area contributed by atoms with Gasteiger partial charge in [0.25, 0.3) is 0 Å². The van der Waals surface area contributed by atoms with Crippen molar-refractivity contribution in [2.75, 3.05) is 0 Å². The maximum Gasteiger partial charge on any atom is 0.164 e. The van der Waals surface area contributed by atoms with Gasteiger partial charge in [-0.25, -0.2) is 15.0 Å². The second-order valence-corrected chi connectivity index (χ2v) is 12.5. The minimum atomic E-state index is 0.634. The highest BCUT2D eigenvalue weighted by Crippen LogP contribution is 2.39. The van der Waals surface area contributed by atoms with Crippen molar-refractivity contribution in [3.63, 3.8) is 0 Å². The van der Waals surface area contributed by atoms with Crippen LogP contribution in [0.3, 0.4) is 0 Å². The van der Waals surface area contributed by atoms with E-state index in [1.54, 1.807) is 0 Å². The van der Waals surface area contributed by atoms with Crippen LogP contribution in [0.4, 0.5) is 0 Å². The maximum atomic E-state index is 6.29. The minimum Gasteiger partial charge on any atom is -0.456 e. The molecule has 0 atom stereocenters. The van der Waals surface area contributed by atoms with E-state index in [2.05, 4.69) is 102 Å². The highest BCUT2D eigenvalue weighted by Gasteiger charge is 2.17. The first-order valence-electron chi connectivity index (χ1n) is 16.7. The maximum absolute atomic E-state index is 6.29. The first-order chi connectivity index (χ1) is 24.8. The highest BCUT2D eigenvalue weighted by molar-refractivity contribution is 6.17. The molecule has 0 spiro atoms. The lowest BCUT2D eigenvalue weighted by molar-refractivity contribution is 0.669. The normalized spacial score (nSPS) is 11.6. The van der Waals surface area contributed by atoms with Crippen LogP contribution in [0, 0.1) is 0 Å². The molecule has 7 aromatic carbocycles. The fourth-order valence-electron chi connectivity index (χ4n) is 7.07. The van der Waals surface area contributed by atoms with Crippen LogP contribution in [0.25, 0.3) is 94.7 Å². The Balaban J connectivity index is 1.12. The molecule has 0 fully saturated rings. The quantitative estimate of drug-likeness (QED) is 0.188. The van der Waals surface area contributed by atoms with E-state index in [9.17, 15) is 0 Å². The molecule has 0 radical (unpaired) electrons. The van der Waals surface area contributed by atoms with Crippen molar-refractivity contribution in [3.05, 3.63) is 170 Å². The Bertz CT molecular complexity index is 2810. The first-order valence-corrected chi connectivity index (χ1v) is 16.7. The van der Waals surface area contributed by atoms with Gasteiger partial charge in [0.05, 0.1) is 11.0 Å². The Morgan fingerprint density at radius 2 is 0.900 bits per heavy atom. The minimum absolute atomic E-state index is 0.634. The molecule has 5 heteroatoms. The molecule has 50 heavy (non-hydrogen) atoms. The third kappa shape index (κ3) is 4.67. The monoisotopic (exact) mass is 640 g/mol. The zero-order chi connectivity index (χ0) is 33.0. The van der Waals surface area contributed by atoms with Crippen LogP contribution in [0.15, 0.2) is 174 Å². The summed E-state index contributed by atoms with van der Waals surface area (Å²) >= 11 is 0. The molecule has 10 aromatic rings. The van der Waals surface area contributed by atoms with Crippen LogP contribution in [-0.2, 0) is 0 Å². The zero-order valence-corrected chi connectivity index (χ0v) is 26.9. The molecule has 0 aliphatic heterocycles. The van der Waals surface area contributed by atoms with Crippen LogP contribution in [0.1, 0.15) is 0 Å². The van der Waals surface area contributed by atoms with Crippen LogP contribution >= 0.6 is 0 Å². The van der Waals surface area contributed by atoms with Crippen LogP contribution in [0.5, 0.6) is 0 Å². The lowest BCUT2D eigenvalue weighted by Crippen LogP contribution is -2.00. The fourth-order valence-corrected chi connectivity index (χ4v) is 7.07. The average Bonchev–Trinajstić information content (AvgIpc) is 3.72. The van der Waals surface area contributed by atoms with Gasteiger partial charge in [-0.2, -0.15) is 0 Å². The lowest BCUT2D eigenvalue weighted by Gasteiger charge is -2.12.